The van der Waals surface area contributed by atoms with Gasteiger partial charge in [0, 0.05) is 25.7 Å². The molecule has 2 atom stereocenters. The number of hydrogen-bond donors (Lipinski definition) is 1. The van der Waals surface area contributed by atoms with Crippen LogP contribution in [-0.2, 0) is 14.6 Å². The monoisotopic (exact) mass is 290 g/mol. The van der Waals surface area contributed by atoms with Crippen molar-refractivity contribution in [1.82, 2.24) is 10.2 Å². The molecule has 0 radical (unpaired) electrons. The van der Waals surface area contributed by atoms with Crippen LogP contribution < -0.4 is 5.32 Å². The maximum atomic E-state index is 11.6. The fraction of sp³-hybridized carbons (Fsp3) is 1.00. The first-order valence-electron chi connectivity index (χ1n) is 7.37. The van der Waals surface area contributed by atoms with Gasteiger partial charge in [-0.2, -0.15) is 0 Å². The average Bonchev–Trinajstić information content (AvgIpc) is 2.86. The molecule has 0 aromatic heterocycles. The highest BCUT2D eigenvalue weighted by Crippen LogP contribution is 2.14. The molecule has 0 amide bonds. The Morgan fingerprint density at radius 1 is 1.42 bits per heavy atom. The van der Waals surface area contributed by atoms with Crippen molar-refractivity contribution in [3.05, 3.63) is 0 Å². The summed E-state index contributed by atoms with van der Waals surface area (Å²) >= 11 is 0. The summed E-state index contributed by atoms with van der Waals surface area (Å²) in [5.74, 6) is 0.585. The molecule has 0 aromatic carbocycles. The van der Waals surface area contributed by atoms with E-state index in [0.717, 1.165) is 39.1 Å². The number of nitrogens with zero attached hydrogens (tertiary/aromatic N) is 1. The summed E-state index contributed by atoms with van der Waals surface area (Å²) in [6, 6.07) is 0.122. The summed E-state index contributed by atoms with van der Waals surface area (Å²) in [4.78, 5) is 2.37. The van der Waals surface area contributed by atoms with Crippen LogP contribution in [0, 0.1) is 0 Å². The fourth-order valence-corrected chi connectivity index (χ4v) is 4.34. The Kier molecular flexibility index (Phi) is 5.62. The van der Waals surface area contributed by atoms with Gasteiger partial charge in [-0.15, -0.1) is 0 Å². The molecular weight excluding hydrogens is 264 g/mol. The van der Waals surface area contributed by atoms with Crippen LogP contribution in [0.5, 0.6) is 0 Å². The normalized spacial score (nSPS) is 30.8. The number of nitrogens with one attached hydrogen (secondary N) is 1. The van der Waals surface area contributed by atoms with Crippen LogP contribution >= 0.6 is 0 Å². The van der Waals surface area contributed by atoms with E-state index in [0.29, 0.717) is 18.4 Å². The topological polar surface area (TPSA) is 58.6 Å². The standard InChI is InChI=1S/C13H26N2O3S/c1-2-15(10-13-4-3-8-18-13)7-5-12-11-19(16,17)9-6-14-12/h12-14H,2-11H2,1H3. The maximum absolute atomic E-state index is 11.6. The van der Waals surface area contributed by atoms with E-state index in [1.807, 2.05) is 0 Å². The van der Waals surface area contributed by atoms with E-state index in [-0.39, 0.29) is 11.8 Å². The van der Waals surface area contributed by atoms with Crippen molar-refractivity contribution in [3.8, 4) is 0 Å². The van der Waals surface area contributed by atoms with Gasteiger partial charge < -0.3 is 15.0 Å². The zero-order chi connectivity index (χ0) is 13.7. The lowest BCUT2D eigenvalue weighted by molar-refractivity contribution is 0.0737. The minimum atomic E-state index is -2.81. The average molecular weight is 290 g/mol. The van der Waals surface area contributed by atoms with Gasteiger partial charge in [0.2, 0.25) is 0 Å². The summed E-state index contributed by atoms with van der Waals surface area (Å²) in [6.07, 6.45) is 3.61. The second kappa shape index (κ2) is 7.02. The third-order valence-electron chi connectivity index (χ3n) is 4.03. The largest absolute Gasteiger partial charge is 0.377 e. The molecular formula is C13H26N2O3S. The summed E-state index contributed by atoms with van der Waals surface area (Å²) in [5.41, 5.74) is 0. The van der Waals surface area contributed by atoms with E-state index in [1.54, 1.807) is 0 Å². The second-order valence-corrected chi connectivity index (χ2v) is 7.81. The molecule has 1 N–H and O–H groups in total. The zero-order valence-electron chi connectivity index (χ0n) is 11.8. The van der Waals surface area contributed by atoms with E-state index in [9.17, 15) is 8.42 Å². The Morgan fingerprint density at radius 2 is 2.26 bits per heavy atom. The summed E-state index contributed by atoms with van der Waals surface area (Å²) < 4.78 is 28.8. The maximum Gasteiger partial charge on any atom is 0.153 e. The minimum Gasteiger partial charge on any atom is -0.377 e. The van der Waals surface area contributed by atoms with E-state index in [1.165, 1.54) is 6.42 Å². The van der Waals surface area contributed by atoms with Crippen molar-refractivity contribution in [1.29, 1.82) is 0 Å². The summed E-state index contributed by atoms with van der Waals surface area (Å²) in [6.45, 7) is 6.58. The van der Waals surface area contributed by atoms with Crippen molar-refractivity contribution >= 4 is 9.84 Å². The van der Waals surface area contributed by atoms with Crippen molar-refractivity contribution < 1.29 is 13.2 Å². The van der Waals surface area contributed by atoms with Crippen LogP contribution in [0.1, 0.15) is 26.2 Å². The van der Waals surface area contributed by atoms with Gasteiger partial charge in [0.25, 0.3) is 0 Å². The van der Waals surface area contributed by atoms with Gasteiger partial charge in [-0.3, -0.25) is 0 Å². The molecule has 0 aliphatic carbocycles. The van der Waals surface area contributed by atoms with E-state index >= 15 is 0 Å². The third-order valence-corrected chi connectivity index (χ3v) is 5.76. The predicted octanol–water partition coefficient (Wildman–Crippen LogP) is 0.264. The molecule has 112 valence electrons. The van der Waals surface area contributed by atoms with Crippen molar-refractivity contribution in [3.63, 3.8) is 0 Å². The van der Waals surface area contributed by atoms with E-state index in [2.05, 4.69) is 17.1 Å². The number of likely N-dealkylation sites (N-methyl/N-ethyl adjacent to an activating group) is 1. The Balaban J connectivity index is 1.72. The molecule has 2 aliphatic rings. The molecule has 0 aromatic rings. The lowest BCUT2D eigenvalue weighted by atomic mass is 10.2. The molecule has 0 bridgehead atoms. The fourth-order valence-electron chi connectivity index (χ4n) is 2.85. The van der Waals surface area contributed by atoms with Crippen LogP contribution in [0.15, 0.2) is 0 Å². The highest BCUT2D eigenvalue weighted by atomic mass is 32.2. The van der Waals surface area contributed by atoms with Gasteiger partial charge in [0.05, 0.1) is 17.6 Å². The van der Waals surface area contributed by atoms with Crippen LogP contribution in [-0.4, -0.2) is 69.8 Å². The van der Waals surface area contributed by atoms with Crippen LogP contribution in [0.4, 0.5) is 0 Å². The first kappa shape index (κ1) is 15.2. The second-order valence-electron chi connectivity index (χ2n) is 5.58. The van der Waals surface area contributed by atoms with Gasteiger partial charge >= 0.3 is 0 Å². The Hall–Kier alpha value is -0.170. The molecule has 2 fully saturated rings. The quantitative estimate of drug-likeness (QED) is 0.760. The SMILES string of the molecule is CCN(CCC1CS(=O)(=O)CCN1)CC1CCCO1. The molecule has 2 heterocycles. The summed E-state index contributed by atoms with van der Waals surface area (Å²) in [7, 11) is -2.81. The van der Waals surface area contributed by atoms with Crippen molar-refractivity contribution in [2.24, 2.45) is 0 Å². The van der Waals surface area contributed by atoms with Crippen molar-refractivity contribution in [2.75, 3.05) is 44.3 Å². The van der Waals surface area contributed by atoms with Gasteiger partial charge in [0.1, 0.15) is 0 Å². The Morgan fingerprint density at radius 3 is 2.89 bits per heavy atom. The van der Waals surface area contributed by atoms with E-state index < -0.39 is 9.84 Å². The van der Waals surface area contributed by atoms with Crippen molar-refractivity contribution in [2.45, 2.75) is 38.3 Å². The number of rotatable bonds is 6. The molecule has 2 aliphatic heterocycles. The molecule has 19 heavy (non-hydrogen) atoms. The predicted molar refractivity (Wildman–Crippen MR) is 76.1 cm³/mol. The number of sulfone groups is 1. The van der Waals surface area contributed by atoms with Crippen LogP contribution in [0.25, 0.3) is 0 Å². The van der Waals surface area contributed by atoms with Gasteiger partial charge in [-0.05, 0) is 32.4 Å². The third kappa shape index (κ3) is 5.02. The number of hydrogen-bond acceptors (Lipinski definition) is 5. The highest BCUT2D eigenvalue weighted by molar-refractivity contribution is 7.91. The molecule has 2 unspecified atom stereocenters. The lowest BCUT2D eigenvalue weighted by Crippen LogP contribution is -2.47. The smallest absolute Gasteiger partial charge is 0.153 e. The molecule has 5 nitrogen and oxygen atoms in total. The van der Waals surface area contributed by atoms with E-state index in [4.69, 9.17) is 4.74 Å². The highest BCUT2D eigenvalue weighted by Gasteiger charge is 2.25. The Labute approximate surface area is 116 Å². The Bertz CT molecular complexity index is 366. The zero-order valence-corrected chi connectivity index (χ0v) is 12.6. The van der Waals surface area contributed by atoms with Gasteiger partial charge in [0.15, 0.2) is 9.84 Å². The van der Waals surface area contributed by atoms with Gasteiger partial charge in [-0.25, -0.2) is 8.42 Å². The molecule has 0 saturated carbocycles. The first-order chi connectivity index (χ1) is 9.09. The molecule has 6 heteroatoms. The number of ether oxygens (including phenoxy) is 1. The summed E-state index contributed by atoms with van der Waals surface area (Å²) in [5, 5.41) is 3.31. The molecule has 2 rings (SSSR count). The minimum absolute atomic E-state index is 0.122. The van der Waals surface area contributed by atoms with Crippen LogP contribution in [0.2, 0.25) is 0 Å². The lowest BCUT2D eigenvalue weighted by Gasteiger charge is -2.28. The molecule has 2 saturated heterocycles. The first-order valence-corrected chi connectivity index (χ1v) is 9.19. The molecule has 0 spiro atoms. The van der Waals surface area contributed by atoms with Crippen LogP contribution in [0.3, 0.4) is 0 Å². The van der Waals surface area contributed by atoms with Gasteiger partial charge in [-0.1, -0.05) is 6.92 Å².